The van der Waals surface area contributed by atoms with Crippen LogP contribution in [0.1, 0.15) is 0 Å². The molecule has 0 radical (unpaired) electrons. The summed E-state index contributed by atoms with van der Waals surface area (Å²) < 4.78 is 41.9. The molecular weight excluding hydrogens is 272 g/mol. The number of para-hydroxylation sites is 2. The van der Waals surface area contributed by atoms with Crippen molar-refractivity contribution >= 4 is 10.1 Å². The van der Waals surface area contributed by atoms with Gasteiger partial charge in [0, 0.05) is 7.11 Å². The highest BCUT2D eigenvalue weighted by Crippen LogP contribution is 2.26. The van der Waals surface area contributed by atoms with Gasteiger partial charge in [-0.15, -0.1) is 0 Å². The molecule has 0 saturated carbocycles. The van der Waals surface area contributed by atoms with E-state index in [9.17, 15) is 8.42 Å². The summed E-state index contributed by atoms with van der Waals surface area (Å²) in [4.78, 5) is 0. The number of methoxy groups -OCH3 is 1. The van der Waals surface area contributed by atoms with Gasteiger partial charge in [-0.05, 0) is 12.1 Å². The average Bonchev–Trinajstić information content (AvgIpc) is 2.35. The molecule has 0 aliphatic heterocycles. The second-order valence-corrected chi connectivity index (χ2v) is 5.31. The maximum absolute atomic E-state index is 10.8. The lowest BCUT2D eigenvalue weighted by atomic mass is 10.3. The average molecular weight is 290 g/mol. The molecule has 0 aliphatic carbocycles. The second kappa shape index (κ2) is 7.98. The molecule has 1 aromatic carbocycles. The van der Waals surface area contributed by atoms with Crippen molar-refractivity contribution in [2.24, 2.45) is 0 Å². The Morgan fingerprint density at radius 1 is 0.947 bits per heavy atom. The smallest absolute Gasteiger partial charge is 0.264 e. The zero-order valence-corrected chi connectivity index (χ0v) is 11.8. The zero-order chi connectivity index (χ0) is 14.1. The first kappa shape index (κ1) is 15.7. The molecule has 0 aromatic heterocycles. The lowest BCUT2D eigenvalue weighted by Gasteiger charge is -2.12. The summed E-state index contributed by atoms with van der Waals surface area (Å²) in [5.41, 5.74) is 0. The van der Waals surface area contributed by atoms with E-state index in [1.807, 2.05) is 6.07 Å². The Bertz CT molecular complexity index is 471. The predicted octanol–water partition coefficient (Wildman–Crippen LogP) is 1.07. The maximum atomic E-state index is 10.8. The van der Waals surface area contributed by atoms with Crippen LogP contribution >= 0.6 is 0 Å². The Balaban J connectivity index is 2.44. The number of rotatable bonds is 9. The van der Waals surface area contributed by atoms with E-state index in [1.165, 1.54) is 0 Å². The van der Waals surface area contributed by atoms with E-state index in [4.69, 9.17) is 14.2 Å². The van der Waals surface area contributed by atoms with E-state index in [1.54, 1.807) is 25.3 Å². The van der Waals surface area contributed by atoms with Crippen molar-refractivity contribution in [2.45, 2.75) is 0 Å². The molecule has 0 bridgehead atoms. The summed E-state index contributed by atoms with van der Waals surface area (Å²) in [6.45, 7) is 0.977. The number of benzene rings is 1. The Morgan fingerprint density at radius 2 is 1.47 bits per heavy atom. The molecule has 1 aromatic rings. The molecular formula is C12H18O6S. The lowest BCUT2D eigenvalue weighted by molar-refractivity contribution is 0.142. The second-order valence-electron chi connectivity index (χ2n) is 3.66. The van der Waals surface area contributed by atoms with Gasteiger partial charge in [0.05, 0.1) is 12.9 Å². The maximum Gasteiger partial charge on any atom is 0.264 e. The number of ether oxygens (including phenoxy) is 3. The van der Waals surface area contributed by atoms with Crippen molar-refractivity contribution in [3.05, 3.63) is 24.3 Å². The fraction of sp³-hybridized carbons (Fsp3) is 0.500. The largest absolute Gasteiger partial charge is 0.487 e. The molecule has 0 heterocycles. The molecule has 0 fully saturated rings. The van der Waals surface area contributed by atoms with E-state index in [0.29, 0.717) is 24.7 Å². The highest BCUT2D eigenvalue weighted by molar-refractivity contribution is 7.85. The zero-order valence-electron chi connectivity index (χ0n) is 11.0. The summed E-state index contributed by atoms with van der Waals surface area (Å²) in [5, 5.41) is 0. The van der Waals surface area contributed by atoms with Crippen molar-refractivity contribution in [3.63, 3.8) is 0 Å². The normalized spacial score (nSPS) is 11.3. The van der Waals surface area contributed by atoms with Gasteiger partial charge in [0.15, 0.2) is 11.5 Å². The van der Waals surface area contributed by atoms with Crippen LogP contribution in [0.15, 0.2) is 24.3 Å². The SMILES string of the molecule is COCCOc1ccccc1OCCOS(C)(=O)=O. The number of hydrogen-bond acceptors (Lipinski definition) is 6. The van der Waals surface area contributed by atoms with Gasteiger partial charge in [-0.3, -0.25) is 4.18 Å². The molecule has 19 heavy (non-hydrogen) atoms. The van der Waals surface area contributed by atoms with Crippen molar-refractivity contribution in [2.75, 3.05) is 39.8 Å². The van der Waals surface area contributed by atoms with Crippen molar-refractivity contribution in [1.29, 1.82) is 0 Å². The van der Waals surface area contributed by atoms with Crippen molar-refractivity contribution in [1.82, 2.24) is 0 Å². The quantitative estimate of drug-likeness (QED) is 0.500. The highest BCUT2D eigenvalue weighted by Gasteiger charge is 2.05. The summed E-state index contributed by atoms with van der Waals surface area (Å²) in [6, 6.07) is 7.13. The van der Waals surface area contributed by atoms with Crippen LogP contribution in [0, 0.1) is 0 Å². The fourth-order valence-electron chi connectivity index (χ4n) is 1.26. The Labute approximate surface area is 113 Å². The third-order valence-electron chi connectivity index (χ3n) is 2.03. The summed E-state index contributed by atoms with van der Waals surface area (Å²) in [7, 11) is -1.84. The Hall–Kier alpha value is -1.31. The van der Waals surface area contributed by atoms with Gasteiger partial charge < -0.3 is 14.2 Å². The summed E-state index contributed by atoms with van der Waals surface area (Å²) in [6.07, 6.45) is 0.995. The molecule has 0 unspecified atom stereocenters. The molecule has 7 heteroatoms. The molecule has 0 saturated heterocycles. The molecule has 1 rings (SSSR count). The van der Waals surface area contributed by atoms with Gasteiger partial charge in [-0.25, -0.2) is 0 Å². The van der Waals surface area contributed by atoms with E-state index in [0.717, 1.165) is 6.26 Å². The van der Waals surface area contributed by atoms with Crippen LogP contribution in [-0.4, -0.2) is 48.2 Å². The molecule has 0 atom stereocenters. The first-order valence-corrected chi connectivity index (χ1v) is 7.52. The Kier molecular flexibility index (Phi) is 6.61. The van der Waals surface area contributed by atoms with Gasteiger partial charge in [-0.2, -0.15) is 8.42 Å². The topological polar surface area (TPSA) is 71.1 Å². The number of hydrogen-bond donors (Lipinski definition) is 0. The minimum absolute atomic E-state index is 0.0365. The van der Waals surface area contributed by atoms with Crippen LogP contribution in [-0.2, 0) is 19.0 Å². The Morgan fingerprint density at radius 3 is 1.95 bits per heavy atom. The van der Waals surface area contributed by atoms with Crippen LogP contribution in [0.5, 0.6) is 11.5 Å². The molecule has 0 N–H and O–H groups in total. The lowest BCUT2D eigenvalue weighted by Crippen LogP contribution is -2.12. The third-order valence-corrected chi connectivity index (χ3v) is 2.63. The van der Waals surface area contributed by atoms with Gasteiger partial charge in [0.1, 0.15) is 19.8 Å². The first-order chi connectivity index (χ1) is 9.03. The van der Waals surface area contributed by atoms with Crippen molar-refractivity contribution < 1.29 is 26.8 Å². The van der Waals surface area contributed by atoms with Crippen LogP contribution in [0.25, 0.3) is 0 Å². The molecule has 6 nitrogen and oxygen atoms in total. The predicted molar refractivity (Wildman–Crippen MR) is 70.1 cm³/mol. The minimum Gasteiger partial charge on any atom is -0.487 e. The van der Waals surface area contributed by atoms with Crippen LogP contribution < -0.4 is 9.47 Å². The van der Waals surface area contributed by atoms with Crippen molar-refractivity contribution in [3.8, 4) is 11.5 Å². The van der Waals surface area contributed by atoms with Crippen LogP contribution in [0.2, 0.25) is 0 Å². The van der Waals surface area contributed by atoms with Crippen LogP contribution in [0.4, 0.5) is 0 Å². The fourth-order valence-corrected chi connectivity index (χ4v) is 1.63. The van der Waals surface area contributed by atoms with E-state index < -0.39 is 10.1 Å². The summed E-state index contributed by atoms with van der Waals surface area (Å²) in [5.74, 6) is 1.12. The molecule has 0 amide bonds. The first-order valence-electron chi connectivity index (χ1n) is 5.71. The highest BCUT2D eigenvalue weighted by atomic mass is 32.2. The van der Waals surface area contributed by atoms with E-state index in [-0.39, 0.29) is 13.2 Å². The van der Waals surface area contributed by atoms with Gasteiger partial charge >= 0.3 is 0 Å². The third kappa shape index (κ3) is 7.00. The van der Waals surface area contributed by atoms with E-state index >= 15 is 0 Å². The van der Waals surface area contributed by atoms with Gasteiger partial charge in [0.25, 0.3) is 10.1 Å². The molecule has 0 aliphatic rings. The molecule has 108 valence electrons. The van der Waals surface area contributed by atoms with Gasteiger partial charge in [-0.1, -0.05) is 12.1 Å². The summed E-state index contributed by atoms with van der Waals surface area (Å²) >= 11 is 0. The monoisotopic (exact) mass is 290 g/mol. The standard InChI is InChI=1S/C12H18O6S/c1-15-7-8-16-11-5-3-4-6-12(11)17-9-10-18-19(2,13)14/h3-6H,7-10H2,1-2H3. The van der Waals surface area contributed by atoms with Crippen LogP contribution in [0.3, 0.4) is 0 Å². The molecule has 0 spiro atoms. The van der Waals surface area contributed by atoms with Gasteiger partial charge in [0.2, 0.25) is 0 Å². The minimum atomic E-state index is -3.43. The van der Waals surface area contributed by atoms with E-state index in [2.05, 4.69) is 4.18 Å².